The van der Waals surface area contributed by atoms with E-state index in [0.717, 1.165) is 0 Å². The first-order chi connectivity index (χ1) is 6.62. The molecule has 0 rings (SSSR count). The van der Waals surface area contributed by atoms with E-state index >= 15 is 0 Å². The molecule has 0 fully saturated rings. The lowest BCUT2D eigenvalue weighted by Crippen LogP contribution is -2.21. The fourth-order valence-corrected chi connectivity index (χ4v) is 1.66. The molecule has 0 saturated carbocycles. The predicted octanol–water partition coefficient (Wildman–Crippen LogP) is -0.635. The summed E-state index contributed by atoms with van der Waals surface area (Å²) < 4.78 is 14.2. The molecule has 0 atom stereocenters. The van der Waals surface area contributed by atoms with Crippen LogP contribution in [0.25, 0.3) is 0 Å². The minimum atomic E-state index is -1.67. The fraction of sp³-hybridized carbons (Fsp3) is 1.00. The monoisotopic (exact) mass is 239 g/mol. The Bertz CT molecular complexity index is 97.1. The number of nitrogens with zero attached hydrogens (tertiary/aromatic N) is 1. The van der Waals surface area contributed by atoms with Gasteiger partial charge in [-0.25, -0.2) is 0 Å². The third-order valence-corrected chi connectivity index (χ3v) is 3.40. The zero-order chi connectivity index (χ0) is 11.4. The van der Waals surface area contributed by atoms with E-state index < -0.39 is 9.53 Å². The van der Waals surface area contributed by atoms with E-state index in [4.69, 9.17) is 13.3 Å². The van der Waals surface area contributed by atoms with Gasteiger partial charge in [0.2, 0.25) is 0 Å². The van der Waals surface area contributed by atoms with E-state index in [1.807, 2.05) is 0 Å². The molecule has 0 amide bonds. The second-order valence-corrected chi connectivity index (χ2v) is 6.14. The van der Waals surface area contributed by atoms with Gasteiger partial charge in [0.15, 0.2) is 0 Å². The Hall–Kier alpha value is 0.274. The Morgan fingerprint density at radius 1 is 1.07 bits per heavy atom. The molecule has 0 aliphatic rings. The summed E-state index contributed by atoms with van der Waals surface area (Å²) in [6, 6.07) is 1.44. The molecule has 0 bridgehead atoms. The van der Waals surface area contributed by atoms with Gasteiger partial charge in [0.1, 0.15) is 0 Å². The van der Waals surface area contributed by atoms with Gasteiger partial charge < -0.3 is 18.2 Å². The van der Waals surface area contributed by atoms with Crippen LogP contribution in [-0.2, 0) is 13.3 Å². The Morgan fingerprint density at radius 2 is 1.50 bits per heavy atom. The topological polar surface area (TPSA) is 30.9 Å². The number of rotatable bonds is 6. The van der Waals surface area contributed by atoms with Gasteiger partial charge in [-0.2, -0.15) is 0 Å². The average molecular weight is 239 g/mol. The molecule has 0 radical (unpaired) electrons. The van der Waals surface area contributed by atoms with Crippen molar-refractivity contribution >= 4 is 19.8 Å². The molecule has 4 nitrogen and oxygen atoms in total. The van der Waals surface area contributed by atoms with Crippen molar-refractivity contribution in [3.05, 3.63) is 0 Å². The maximum Gasteiger partial charge on any atom is 0.483 e. The van der Waals surface area contributed by atoms with Crippen LogP contribution < -0.4 is 0 Å². The van der Waals surface area contributed by atoms with E-state index in [0.29, 0.717) is 0 Å². The van der Waals surface area contributed by atoms with Crippen LogP contribution >= 0.6 is 0 Å². The third kappa shape index (κ3) is 14.8. The highest BCUT2D eigenvalue weighted by molar-refractivity contribution is 6.36. The highest BCUT2D eigenvalue weighted by Crippen LogP contribution is 1.84. The van der Waals surface area contributed by atoms with Crippen LogP contribution in [0.2, 0.25) is 6.04 Å². The molecule has 0 aliphatic carbocycles. The highest BCUT2D eigenvalue weighted by atomic mass is 28.3. The van der Waals surface area contributed by atoms with Gasteiger partial charge in [0.05, 0.1) is 0 Å². The van der Waals surface area contributed by atoms with E-state index in [9.17, 15) is 0 Å². The summed E-state index contributed by atoms with van der Waals surface area (Å²) in [5.41, 5.74) is 0. The van der Waals surface area contributed by atoms with Crippen molar-refractivity contribution in [2.75, 3.05) is 42.0 Å². The minimum Gasteiger partial charge on any atom is -0.379 e. The lowest BCUT2D eigenvalue weighted by molar-refractivity contribution is 0.163. The molecular weight excluding hydrogens is 214 g/mol. The standard InChI is InChI=1S/C5H15NSi.C3H10O3Si/c1-6(2)4-3-5-7;1-4-7(5-2)6-3/h3-5H2,1-2,7H3;7H,1-3H3. The van der Waals surface area contributed by atoms with Crippen molar-refractivity contribution in [1.82, 2.24) is 4.90 Å². The SMILES string of the molecule is CN(C)CCC[SiH3].CO[SiH](OC)OC. The van der Waals surface area contributed by atoms with Crippen LogP contribution in [0.4, 0.5) is 0 Å². The summed E-state index contributed by atoms with van der Waals surface area (Å²) >= 11 is 0. The summed E-state index contributed by atoms with van der Waals surface area (Å²) in [7, 11) is 8.66. The minimum absolute atomic E-state index is 1.27. The summed E-state index contributed by atoms with van der Waals surface area (Å²) in [4.78, 5) is 2.23. The van der Waals surface area contributed by atoms with Gasteiger partial charge in [-0.05, 0) is 27.1 Å². The zero-order valence-corrected chi connectivity index (χ0v) is 13.5. The van der Waals surface area contributed by atoms with Crippen LogP contribution in [0, 0.1) is 0 Å². The lowest BCUT2D eigenvalue weighted by Gasteiger charge is -2.05. The molecule has 0 heterocycles. The van der Waals surface area contributed by atoms with Crippen molar-refractivity contribution in [2.45, 2.75) is 12.5 Å². The molecule has 0 spiro atoms. The van der Waals surface area contributed by atoms with Crippen molar-refractivity contribution in [2.24, 2.45) is 0 Å². The first-order valence-corrected chi connectivity index (χ1v) is 7.68. The number of hydrogen-bond donors (Lipinski definition) is 0. The van der Waals surface area contributed by atoms with E-state index in [2.05, 4.69) is 19.0 Å². The van der Waals surface area contributed by atoms with Gasteiger partial charge in [-0.3, -0.25) is 0 Å². The van der Waals surface area contributed by atoms with Gasteiger partial charge in [-0.15, -0.1) is 0 Å². The molecule has 6 heteroatoms. The Balaban J connectivity index is 0. The van der Waals surface area contributed by atoms with Gasteiger partial charge in [0, 0.05) is 31.6 Å². The maximum absolute atomic E-state index is 4.74. The first kappa shape index (κ1) is 16.7. The highest BCUT2D eigenvalue weighted by Gasteiger charge is 2.04. The third-order valence-electron chi connectivity index (χ3n) is 1.54. The van der Waals surface area contributed by atoms with E-state index in [-0.39, 0.29) is 0 Å². The average Bonchev–Trinajstić information content (AvgIpc) is 2.18. The Labute approximate surface area is 92.9 Å². The quantitative estimate of drug-likeness (QED) is 0.577. The Morgan fingerprint density at radius 3 is 1.57 bits per heavy atom. The van der Waals surface area contributed by atoms with Crippen molar-refractivity contribution in [3.63, 3.8) is 0 Å². The lowest BCUT2D eigenvalue weighted by atomic mass is 10.5. The number of hydrogen-bond acceptors (Lipinski definition) is 4. The van der Waals surface area contributed by atoms with Crippen molar-refractivity contribution < 1.29 is 13.3 Å². The Kier molecular flexibility index (Phi) is 15.8. The van der Waals surface area contributed by atoms with Crippen LogP contribution in [0.3, 0.4) is 0 Å². The summed E-state index contributed by atoms with van der Waals surface area (Å²) in [5, 5.41) is 0. The molecule has 0 saturated heterocycles. The van der Waals surface area contributed by atoms with Crippen molar-refractivity contribution in [1.29, 1.82) is 0 Å². The molecule has 0 unspecified atom stereocenters. The first-order valence-electron chi connectivity index (χ1n) is 4.85. The molecule has 0 aromatic carbocycles. The molecule has 0 aliphatic heterocycles. The van der Waals surface area contributed by atoms with Crippen molar-refractivity contribution in [3.8, 4) is 0 Å². The summed E-state index contributed by atoms with van der Waals surface area (Å²) in [6.07, 6.45) is 1.39. The van der Waals surface area contributed by atoms with Gasteiger partial charge in [0.25, 0.3) is 0 Å². The largest absolute Gasteiger partial charge is 0.483 e. The van der Waals surface area contributed by atoms with Gasteiger partial charge >= 0.3 is 9.53 Å². The van der Waals surface area contributed by atoms with Crippen LogP contribution in [0.5, 0.6) is 0 Å². The van der Waals surface area contributed by atoms with Gasteiger partial charge in [-0.1, -0.05) is 6.04 Å². The fourth-order valence-electron chi connectivity index (χ4n) is 0.763. The molecule has 0 aromatic heterocycles. The van der Waals surface area contributed by atoms with E-state index in [1.165, 1.54) is 29.3 Å². The molecule has 0 aromatic rings. The predicted molar refractivity (Wildman–Crippen MR) is 66.1 cm³/mol. The zero-order valence-electron chi connectivity index (χ0n) is 10.4. The molecule has 0 N–H and O–H groups in total. The van der Waals surface area contributed by atoms with Crippen LogP contribution in [0.1, 0.15) is 6.42 Å². The van der Waals surface area contributed by atoms with E-state index in [1.54, 1.807) is 21.3 Å². The second kappa shape index (κ2) is 13.3. The smallest absolute Gasteiger partial charge is 0.379 e. The molecule has 88 valence electrons. The maximum atomic E-state index is 4.74. The summed E-state index contributed by atoms with van der Waals surface area (Å²) in [6.45, 7) is 1.27. The molecular formula is C8H25NO3Si2. The molecule has 14 heavy (non-hydrogen) atoms. The second-order valence-electron chi connectivity index (χ2n) is 3.15. The summed E-state index contributed by atoms with van der Waals surface area (Å²) in [5.74, 6) is 0. The normalized spacial score (nSPS) is 10.5. The van der Waals surface area contributed by atoms with Crippen LogP contribution in [0.15, 0.2) is 0 Å². The van der Waals surface area contributed by atoms with Crippen LogP contribution in [-0.4, -0.2) is 66.6 Å².